The molecule has 3 heteroatoms. The van der Waals surface area contributed by atoms with Gasteiger partial charge in [-0.2, -0.15) is 0 Å². The molecule has 0 aromatic heterocycles. The normalized spacial score (nSPS) is 16.1. The Morgan fingerprint density at radius 3 is 2.58 bits per heavy atom. The van der Waals surface area contributed by atoms with Crippen LogP contribution in [-0.2, 0) is 4.79 Å². The molecule has 0 aliphatic heterocycles. The van der Waals surface area contributed by atoms with Crippen molar-refractivity contribution in [2.24, 2.45) is 5.92 Å². The Bertz CT molecular complexity index is 411. The Labute approximate surface area is 120 Å². The summed E-state index contributed by atoms with van der Waals surface area (Å²) in [6.07, 6.45) is 6.33. The first-order valence-electron chi connectivity index (χ1n) is 7.25. The van der Waals surface area contributed by atoms with Crippen LogP contribution in [0, 0.1) is 5.92 Å². The van der Waals surface area contributed by atoms with Gasteiger partial charge in [-0.1, -0.05) is 43.5 Å². The minimum atomic E-state index is 0.173. The van der Waals surface area contributed by atoms with Crippen molar-refractivity contribution in [2.45, 2.75) is 51.5 Å². The predicted octanol–water partition coefficient (Wildman–Crippen LogP) is 4.49. The summed E-state index contributed by atoms with van der Waals surface area (Å²) in [6, 6.07) is 8.02. The monoisotopic (exact) mass is 279 g/mol. The van der Waals surface area contributed by atoms with Crippen molar-refractivity contribution in [2.75, 3.05) is 0 Å². The van der Waals surface area contributed by atoms with E-state index in [1.165, 1.54) is 18.4 Å². The number of carbonyl (C=O) groups excluding carboxylic acids is 1. The van der Waals surface area contributed by atoms with Gasteiger partial charge >= 0.3 is 0 Å². The number of amides is 1. The highest BCUT2D eigenvalue weighted by atomic mass is 35.5. The van der Waals surface area contributed by atoms with Crippen LogP contribution in [0.25, 0.3) is 0 Å². The number of rotatable bonds is 7. The van der Waals surface area contributed by atoms with Gasteiger partial charge in [0.15, 0.2) is 0 Å². The zero-order valence-electron chi connectivity index (χ0n) is 11.5. The molecule has 1 aliphatic carbocycles. The highest BCUT2D eigenvalue weighted by Crippen LogP contribution is 2.41. The smallest absolute Gasteiger partial charge is 0.220 e. The summed E-state index contributed by atoms with van der Waals surface area (Å²) >= 11 is 5.91. The summed E-state index contributed by atoms with van der Waals surface area (Å²) < 4.78 is 0. The summed E-state index contributed by atoms with van der Waals surface area (Å²) in [7, 11) is 0. The molecule has 104 valence electrons. The molecule has 1 amide bonds. The molecule has 1 N–H and O–H groups in total. The van der Waals surface area contributed by atoms with E-state index < -0.39 is 0 Å². The lowest BCUT2D eigenvalue weighted by atomic mass is 10.0. The van der Waals surface area contributed by atoms with E-state index in [1.807, 2.05) is 24.3 Å². The van der Waals surface area contributed by atoms with E-state index in [9.17, 15) is 4.79 Å². The Hall–Kier alpha value is -1.02. The van der Waals surface area contributed by atoms with Crippen LogP contribution in [-0.4, -0.2) is 5.91 Å². The number of nitrogens with one attached hydrogen (secondary N) is 1. The fraction of sp³-hybridized carbons (Fsp3) is 0.562. The maximum atomic E-state index is 12.0. The summed E-state index contributed by atoms with van der Waals surface area (Å²) in [4.78, 5) is 12.0. The standard InChI is InChI=1S/C16H22ClNO/c1-2-3-4-5-15(19)18-16(12-6-7-12)13-8-10-14(17)11-9-13/h8-12,16H,2-7H2,1H3,(H,18,19). The van der Waals surface area contributed by atoms with Crippen LogP contribution in [0.2, 0.25) is 5.02 Å². The summed E-state index contributed by atoms with van der Waals surface area (Å²) in [5.74, 6) is 0.789. The van der Waals surface area contributed by atoms with Gasteiger partial charge in [0.05, 0.1) is 6.04 Å². The van der Waals surface area contributed by atoms with Gasteiger partial charge in [-0.3, -0.25) is 4.79 Å². The van der Waals surface area contributed by atoms with E-state index >= 15 is 0 Å². The van der Waals surface area contributed by atoms with E-state index in [1.54, 1.807) is 0 Å². The highest BCUT2D eigenvalue weighted by molar-refractivity contribution is 6.30. The van der Waals surface area contributed by atoms with Crippen molar-refractivity contribution < 1.29 is 4.79 Å². The molecule has 1 aromatic rings. The molecular formula is C16H22ClNO. The topological polar surface area (TPSA) is 29.1 Å². The number of unbranched alkanes of at least 4 members (excludes halogenated alkanes) is 2. The summed E-state index contributed by atoms with van der Waals surface area (Å²) in [5, 5.41) is 3.93. The third kappa shape index (κ3) is 4.54. The Kier molecular flexibility index (Phi) is 5.26. The van der Waals surface area contributed by atoms with Crippen LogP contribution in [0.1, 0.15) is 57.1 Å². The van der Waals surface area contributed by atoms with E-state index in [0.717, 1.165) is 24.3 Å². The molecule has 1 aliphatic rings. The first-order chi connectivity index (χ1) is 9.20. The highest BCUT2D eigenvalue weighted by Gasteiger charge is 2.33. The average Bonchev–Trinajstić information content (AvgIpc) is 3.22. The second-order valence-electron chi connectivity index (χ2n) is 5.39. The zero-order valence-corrected chi connectivity index (χ0v) is 12.2. The van der Waals surface area contributed by atoms with Gasteiger partial charge in [0.25, 0.3) is 0 Å². The zero-order chi connectivity index (χ0) is 13.7. The number of carbonyl (C=O) groups is 1. The van der Waals surface area contributed by atoms with Gasteiger partial charge in [0.1, 0.15) is 0 Å². The fourth-order valence-corrected chi connectivity index (χ4v) is 2.48. The van der Waals surface area contributed by atoms with Crippen molar-refractivity contribution in [3.05, 3.63) is 34.9 Å². The van der Waals surface area contributed by atoms with E-state index in [2.05, 4.69) is 12.2 Å². The molecule has 0 spiro atoms. The fourth-order valence-electron chi connectivity index (χ4n) is 2.35. The molecule has 0 saturated heterocycles. The minimum absolute atomic E-state index is 0.173. The maximum absolute atomic E-state index is 12.0. The van der Waals surface area contributed by atoms with Crippen molar-refractivity contribution in [1.29, 1.82) is 0 Å². The molecule has 19 heavy (non-hydrogen) atoms. The third-order valence-corrected chi connectivity index (χ3v) is 3.90. The lowest BCUT2D eigenvalue weighted by Crippen LogP contribution is -2.29. The summed E-state index contributed by atoms with van der Waals surface area (Å²) in [6.45, 7) is 2.15. The molecule has 2 rings (SSSR count). The van der Waals surface area contributed by atoms with Crippen molar-refractivity contribution in [1.82, 2.24) is 5.32 Å². The molecule has 0 radical (unpaired) electrons. The first-order valence-corrected chi connectivity index (χ1v) is 7.63. The number of hydrogen-bond donors (Lipinski definition) is 1. The quantitative estimate of drug-likeness (QED) is 0.732. The molecular weight excluding hydrogens is 258 g/mol. The Morgan fingerprint density at radius 1 is 1.32 bits per heavy atom. The summed E-state index contributed by atoms with van der Waals surface area (Å²) in [5.41, 5.74) is 1.18. The Morgan fingerprint density at radius 2 is 2.00 bits per heavy atom. The van der Waals surface area contributed by atoms with Gasteiger partial charge in [-0.05, 0) is 42.9 Å². The Balaban J connectivity index is 1.93. The lowest BCUT2D eigenvalue weighted by molar-refractivity contribution is -0.122. The molecule has 1 saturated carbocycles. The van der Waals surface area contributed by atoms with E-state index in [4.69, 9.17) is 11.6 Å². The largest absolute Gasteiger partial charge is 0.349 e. The van der Waals surface area contributed by atoms with Gasteiger partial charge in [-0.25, -0.2) is 0 Å². The third-order valence-electron chi connectivity index (χ3n) is 3.65. The molecule has 1 aromatic carbocycles. The second-order valence-corrected chi connectivity index (χ2v) is 5.83. The molecule has 0 heterocycles. The van der Waals surface area contributed by atoms with E-state index in [0.29, 0.717) is 12.3 Å². The molecule has 0 bridgehead atoms. The second kappa shape index (κ2) is 6.95. The molecule has 2 nitrogen and oxygen atoms in total. The van der Waals surface area contributed by atoms with Crippen molar-refractivity contribution in [3.8, 4) is 0 Å². The predicted molar refractivity (Wildman–Crippen MR) is 79.2 cm³/mol. The van der Waals surface area contributed by atoms with Gasteiger partial charge in [-0.15, -0.1) is 0 Å². The van der Waals surface area contributed by atoms with Gasteiger partial charge in [0, 0.05) is 11.4 Å². The first kappa shape index (κ1) is 14.4. The number of halogens is 1. The molecule has 1 fully saturated rings. The van der Waals surface area contributed by atoms with Gasteiger partial charge < -0.3 is 5.32 Å². The maximum Gasteiger partial charge on any atom is 0.220 e. The minimum Gasteiger partial charge on any atom is -0.349 e. The van der Waals surface area contributed by atoms with Crippen LogP contribution < -0.4 is 5.32 Å². The number of benzene rings is 1. The van der Waals surface area contributed by atoms with Crippen LogP contribution in [0.4, 0.5) is 0 Å². The van der Waals surface area contributed by atoms with Crippen LogP contribution in [0.15, 0.2) is 24.3 Å². The number of hydrogen-bond acceptors (Lipinski definition) is 1. The van der Waals surface area contributed by atoms with Crippen LogP contribution in [0.3, 0.4) is 0 Å². The SMILES string of the molecule is CCCCCC(=O)NC(c1ccc(Cl)cc1)C1CC1. The molecule has 1 atom stereocenters. The van der Waals surface area contributed by atoms with Crippen LogP contribution >= 0.6 is 11.6 Å². The molecule has 1 unspecified atom stereocenters. The van der Waals surface area contributed by atoms with Crippen molar-refractivity contribution in [3.63, 3.8) is 0 Å². The van der Waals surface area contributed by atoms with Crippen LogP contribution in [0.5, 0.6) is 0 Å². The lowest BCUT2D eigenvalue weighted by Gasteiger charge is -2.19. The van der Waals surface area contributed by atoms with E-state index in [-0.39, 0.29) is 11.9 Å². The van der Waals surface area contributed by atoms with Gasteiger partial charge in [0.2, 0.25) is 5.91 Å². The average molecular weight is 280 g/mol. The van der Waals surface area contributed by atoms with Crippen molar-refractivity contribution >= 4 is 17.5 Å².